The fraction of sp³-hybridized carbons (Fsp3) is 0.429. The number of hydrogen-bond donors (Lipinski definition) is 1. The largest absolute Gasteiger partial charge is 0.491 e. The van der Waals surface area contributed by atoms with Gasteiger partial charge in [-0.15, -0.1) is 0 Å². The summed E-state index contributed by atoms with van der Waals surface area (Å²) in [5.74, 6) is 0.302. The van der Waals surface area contributed by atoms with Crippen LogP contribution in [0.1, 0.15) is 6.42 Å². The molecule has 2 N–H and O–H groups in total. The number of carbonyl (C=O) groups is 2. The van der Waals surface area contributed by atoms with Gasteiger partial charge in [-0.25, -0.2) is 0 Å². The van der Waals surface area contributed by atoms with E-state index in [0.717, 1.165) is 0 Å². The van der Waals surface area contributed by atoms with Crippen LogP contribution in [-0.4, -0.2) is 55.9 Å². The number of nitrogen functional groups attached to an aromatic ring is 1. The van der Waals surface area contributed by atoms with Crippen molar-refractivity contribution in [2.45, 2.75) is 6.42 Å². The van der Waals surface area contributed by atoms with E-state index in [1.54, 1.807) is 33.3 Å². The van der Waals surface area contributed by atoms with Gasteiger partial charge in [-0.1, -0.05) is 12.1 Å². The van der Waals surface area contributed by atoms with Crippen molar-refractivity contribution in [3.05, 3.63) is 24.3 Å². The van der Waals surface area contributed by atoms with Crippen molar-refractivity contribution in [3.63, 3.8) is 0 Å². The van der Waals surface area contributed by atoms with Gasteiger partial charge >= 0.3 is 0 Å². The predicted octanol–water partition coefficient (Wildman–Crippen LogP) is 0.584. The van der Waals surface area contributed by atoms with Crippen molar-refractivity contribution in [3.8, 4) is 5.75 Å². The molecule has 6 nitrogen and oxygen atoms in total. The normalized spacial score (nSPS) is 9.95. The van der Waals surface area contributed by atoms with Crippen molar-refractivity contribution >= 4 is 17.5 Å². The number of para-hydroxylation sites is 2. The van der Waals surface area contributed by atoms with Gasteiger partial charge in [-0.3, -0.25) is 9.59 Å². The number of benzene rings is 1. The van der Waals surface area contributed by atoms with Gasteiger partial charge in [-0.2, -0.15) is 0 Å². The number of amides is 2. The zero-order valence-corrected chi connectivity index (χ0v) is 12.1. The fourth-order valence-electron chi connectivity index (χ4n) is 1.48. The maximum atomic E-state index is 11.8. The maximum absolute atomic E-state index is 11.8. The summed E-state index contributed by atoms with van der Waals surface area (Å²) in [4.78, 5) is 26.1. The fourth-order valence-corrected chi connectivity index (χ4v) is 1.48. The van der Waals surface area contributed by atoms with Crippen LogP contribution in [0, 0.1) is 0 Å². The van der Waals surface area contributed by atoms with Crippen LogP contribution in [0.2, 0.25) is 0 Å². The Balaban J connectivity index is 2.36. The molecule has 0 aliphatic heterocycles. The summed E-state index contributed by atoms with van der Waals surface area (Å²) in [6, 6.07) is 7.11. The summed E-state index contributed by atoms with van der Waals surface area (Å²) in [5, 5.41) is 0. The van der Waals surface area contributed by atoms with E-state index >= 15 is 0 Å². The molecule has 0 bridgehead atoms. The molecule has 0 heterocycles. The molecule has 20 heavy (non-hydrogen) atoms. The second kappa shape index (κ2) is 7.37. The molecule has 1 rings (SSSR count). The molecule has 0 aromatic heterocycles. The molecule has 0 saturated heterocycles. The first-order valence-electron chi connectivity index (χ1n) is 6.33. The van der Waals surface area contributed by atoms with Crippen LogP contribution in [0.3, 0.4) is 0 Å². The Labute approximate surface area is 119 Å². The molecule has 6 heteroatoms. The SMILES string of the molecule is CN(C)C(=O)CN(C)C(=O)CCOc1ccccc1N. The second-order valence-electron chi connectivity index (χ2n) is 4.67. The lowest BCUT2D eigenvalue weighted by Gasteiger charge is -2.19. The number of rotatable bonds is 6. The minimum atomic E-state index is -0.144. The Kier molecular flexibility index (Phi) is 5.83. The molecule has 0 fully saturated rings. The number of likely N-dealkylation sites (N-methyl/N-ethyl adjacent to an activating group) is 2. The Hall–Kier alpha value is -2.24. The van der Waals surface area contributed by atoms with Gasteiger partial charge in [-0.05, 0) is 12.1 Å². The number of carbonyl (C=O) groups excluding carboxylic acids is 2. The van der Waals surface area contributed by atoms with Crippen molar-refractivity contribution < 1.29 is 14.3 Å². The molecule has 1 aromatic carbocycles. The second-order valence-corrected chi connectivity index (χ2v) is 4.67. The molecule has 0 unspecified atom stereocenters. The van der Waals surface area contributed by atoms with Gasteiger partial charge in [0.05, 0.1) is 25.3 Å². The topological polar surface area (TPSA) is 75.9 Å². The van der Waals surface area contributed by atoms with Crippen LogP contribution in [0.25, 0.3) is 0 Å². The minimum absolute atomic E-state index is 0.0688. The summed E-state index contributed by atoms with van der Waals surface area (Å²) in [7, 11) is 4.91. The van der Waals surface area contributed by atoms with E-state index in [1.807, 2.05) is 12.1 Å². The van der Waals surface area contributed by atoms with Crippen molar-refractivity contribution in [1.29, 1.82) is 0 Å². The van der Waals surface area contributed by atoms with Crippen molar-refractivity contribution in [1.82, 2.24) is 9.80 Å². The highest BCUT2D eigenvalue weighted by Gasteiger charge is 2.14. The average molecular weight is 279 g/mol. The van der Waals surface area contributed by atoms with Gasteiger partial charge < -0.3 is 20.3 Å². The highest BCUT2D eigenvalue weighted by Crippen LogP contribution is 2.19. The van der Waals surface area contributed by atoms with Gasteiger partial charge in [0.25, 0.3) is 0 Å². The molecule has 0 aliphatic rings. The minimum Gasteiger partial charge on any atom is -0.491 e. The lowest BCUT2D eigenvalue weighted by molar-refractivity contribution is -0.138. The number of anilines is 1. The van der Waals surface area contributed by atoms with E-state index in [4.69, 9.17) is 10.5 Å². The standard InChI is InChI=1S/C14H21N3O3/c1-16(2)14(19)10-17(3)13(18)8-9-20-12-7-5-4-6-11(12)15/h4-7H,8-10,15H2,1-3H3. The summed E-state index contributed by atoms with van der Waals surface area (Å²) in [6.07, 6.45) is 0.200. The van der Waals surface area contributed by atoms with Gasteiger partial charge in [0.2, 0.25) is 11.8 Å². The van der Waals surface area contributed by atoms with Crippen LogP contribution in [0.5, 0.6) is 5.75 Å². The van der Waals surface area contributed by atoms with E-state index in [9.17, 15) is 9.59 Å². The van der Waals surface area contributed by atoms with Crippen LogP contribution in [0.4, 0.5) is 5.69 Å². The maximum Gasteiger partial charge on any atom is 0.241 e. The quantitative estimate of drug-likeness (QED) is 0.773. The molecule has 0 radical (unpaired) electrons. The zero-order valence-electron chi connectivity index (χ0n) is 12.1. The summed E-state index contributed by atoms with van der Waals surface area (Å²) in [5.41, 5.74) is 6.26. The van der Waals surface area contributed by atoms with Crippen LogP contribution < -0.4 is 10.5 Å². The highest BCUT2D eigenvalue weighted by molar-refractivity contribution is 5.84. The van der Waals surface area contributed by atoms with Crippen LogP contribution >= 0.6 is 0 Å². The lowest BCUT2D eigenvalue weighted by atomic mass is 10.3. The molecule has 110 valence electrons. The number of ether oxygens (including phenoxy) is 1. The number of nitrogens with zero attached hydrogens (tertiary/aromatic N) is 2. The number of nitrogens with two attached hydrogens (primary N) is 1. The summed E-state index contributed by atoms with van der Waals surface area (Å²) >= 11 is 0. The van der Waals surface area contributed by atoms with Crippen molar-refractivity contribution in [2.24, 2.45) is 0 Å². The smallest absolute Gasteiger partial charge is 0.241 e. The third-order valence-electron chi connectivity index (χ3n) is 2.79. The van der Waals surface area contributed by atoms with Gasteiger partial charge in [0, 0.05) is 21.1 Å². The molecule has 0 aliphatic carbocycles. The van der Waals surface area contributed by atoms with E-state index in [-0.39, 0.29) is 31.4 Å². The third kappa shape index (κ3) is 4.79. The molecular formula is C14H21N3O3. The van der Waals surface area contributed by atoms with E-state index in [2.05, 4.69) is 0 Å². The molecule has 1 aromatic rings. The first kappa shape index (κ1) is 15.8. The summed E-state index contributed by atoms with van der Waals surface area (Å²) in [6.45, 7) is 0.298. The lowest BCUT2D eigenvalue weighted by Crippen LogP contribution is -2.38. The summed E-state index contributed by atoms with van der Waals surface area (Å²) < 4.78 is 5.44. The average Bonchev–Trinajstić information content (AvgIpc) is 2.40. The molecule has 0 saturated carbocycles. The first-order chi connectivity index (χ1) is 9.41. The highest BCUT2D eigenvalue weighted by atomic mass is 16.5. The van der Waals surface area contributed by atoms with Crippen molar-refractivity contribution in [2.75, 3.05) is 40.0 Å². The van der Waals surface area contributed by atoms with Gasteiger partial charge in [0.1, 0.15) is 5.75 Å². The Morgan fingerprint density at radius 1 is 1.15 bits per heavy atom. The van der Waals surface area contributed by atoms with Gasteiger partial charge in [0.15, 0.2) is 0 Å². The first-order valence-corrected chi connectivity index (χ1v) is 6.33. The zero-order chi connectivity index (χ0) is 15.1. The van der Waals surface area contributed by atoms with E-state index in [1.165, 1.54) is 9.80 Å². The van der Waals surface area contributed by atoms with E-state index < -0.39 is 0 Å². The van der Waals surface area contributed by atoms with Crippen LogP contribution in [0.15, 0.2) is 24.3 Å². The Bertz CT molecular complexity index is 474. The molecule has 0 spiro atoms. The monoisotopic (exact) mass is 279 g/mol. The Morgan fingerprint density at radius 2 is 1.80 bits per heavy atom. The third-order valence-corrected chi connectivity index (χ3v) is 2.79. The van der Waals surface area contributed by atoms with E-state index in [0.29, 0.717) is 11.4 Å². The molecule has 0 atom stereocenters. The Morgan fingerprint density at radius 3 is 2.40 bits per heavy atom. The number of hydrogen-bond acceptors (Lipinski definition) is 4. The molecule has 2 amide bonds. The predicted molar refractivity (Wildman–Crippen MR) is 77.3 cm³/mol. The molecular weight excluding hydrogens is 258 g/mol. The van der Waals surface area contributed by atoms with Crippen LogP contribution in [-0.2, 0) is 9.59 Å².